The van der Waals surface area contributed by atoms with Crippen LogP contribution in [0.15, 0.2) is 24.3 Å². The molecular formula is C17H21FN2O6. The lowest BCUT2D eigenvalue weighted by atomic mass is 10.0. The van der Waals surface area contributed by atoms with Gasteiger partial charge in [0, 0.05) is 19.8 Å². The number of ether oxygens (including phenoxy) is 1. The van der Waals surface area contributed by atoms with E-state index in [9.17, 15) is 28.7 Å². The summed E-state index contributed by atoms with van der Waals surface area (Å²) in [4.78, 5) is 46.2. The number of carboxylic acid groups (broad SMARTS) is 1. The van der Waals surface area contributed by atoms with E-state index in [1.807, 2.05) is 0 Å². The van der Waals surface area contributed by atoms with E-state index in [2.05, 4.69) is 15.4 Å². The monoisotopic (exact) mass is 368 g/mol. The molecule has 142 valence electrons. The Hall–Kier alpha value is -2.97. The Morgan fingerprint density at radius 3 is 2.42 bits per heavy atom. The Morgan fingerprint density at radius 1 is 1.19 bits per heavy atom. The number of esters is 1. The van der Waals surface area contributed by atoms with Gasteiger partial charge in [-0.05, 0) is 24.1 Å². The van der Waals surface area contributed by atoms with Crippen LogP contribution in [-0.4, -0.2) is 48.1 Å². The first-order valence-corrected chi connectivity index (χ1v) is 7.84. The molecule has 1 rings (SSSR count). The third-order valence-corrected chi connectivity index (χ3v) is 3.50. The molecule has 1 aromatic rings. The van der Waals surface area contributed by atoms with Crippen molar-refractivity contribution >= 4 is 23.8 Å². The molecule has 2 atom stereocenters. The molecule has 0 aromatic heterocycles. The van der Waals surface area contributed by atoms with Gasteiger partial charge in [0.25, 0.3) is 0 Å². The van der Waals surface area contributed by atoms with Crippen molar-refractivity contribution in [3.8, 4) is 0 Å². The normalized spacial score (nSPS) is 12.6. The molecule has 0 radical (unpaired) electrons. The zero-order valence-corrected chi connectivity index (χ0v) is 14.5. The van der Waals surface area contributed by atoms with Crippen LogP contribution in [0.2, 0.25) is 0 Å². The second-order valence-electron chi connectivity index (χ2n) is 5.60. The molecular weight excluding hydrogens is 347 g/mol. The maximum absolute atomic E-state index is 13.3. The highest BCUT2D eigenvalue weighted by molar-refractivity contribution is 5.90. The SMILES string of the molecule is COC(=O)CC[C@@H](NC(=O)[C@@H](Cc1cccc(F)c1)NC(C)=O)C(=O)O. The fraction of sp³-hybridized carbons (Fsp3) is 0.412. The number of carboxylic acids is 1. The number of rotatable bonds is 9. The lowest BCUT2D eigenvalue weighted by Crippen LogP contribution is -2.52. The largest absolute Gasteiger partial charge is 0.480 e. The smallest absolute Gasteiger partial charge is 0.326 e. The van der Waals surface area contributed by atoms with Gasteiger partial charge in [0.05, 0.1) is 7.11 Å². The summed E-state index contributed by atoms with van der Waals surface area (Å²) in [5.74, 6) is -3.67. The number of carbonyl (C=O) groups excluding carboxylic acids is 3. The molecule has 0 unspecified atom stereocenters. The van der Waals surface area contributed by atoms with Gasteiger partial charge in [-0.25, -0.2) is 9.18 Å². The van der Waals surface area contributed by atoms with Gasteiger partial charge in [-0.3, -0.25) is 14.4 Å². The van der Waals surface area contributed by atoms with Crippen LogP contribution in [0, 0.1) is 5.82 Å². The van der Waals surface area contributed by atoms with Crippen LogP contribution in [0.5, 0.6) is 0 Å². The number of methoxy groups -OCH3 is 1. The van der Waals surface area contributed by atoms with Gasteiger partial charge >= 0.3 is 11.9 Å². The maximum Gasteiger partial charge on any atom is 0.326 e. The number of halogens is 1. The zero-order chi connectivity index (χ0) is 19.7. The Labute approximate surface area is 149 Å². The van der Waals surface area contributed by atoms with E-state index in [0.717, 1.165) is 0 Å². The topological polar surface area (TPSA) is 122 Å². The highest BCUT2D eigenvalue weighted by atomic mass is 19.1. The van der Waals surface area contributed by atoms with Gasteiger partial charge in [0.1, 0.15) is 17.9 Å². The molecule has 0 saturated heterocycles. The van der Waals surface area contributed by atoms with Crippen LogP contribution in [0.4, 0.5) is 4.39 Å². The van der Waals surface area contributed by atoms with E-state index < -0.39 is 41.7 Å². The third-order valence-electron chi connectivity index (χ3n) is 3.50. The lowest BCUT2D eigenvalue weighted by molar-refractivity contribution is -0.144. The highest BCUT2D eigenvalue weighted by Crippen LogP contribution is 2.08. The molecule has 2 amide bonds. The van der Waals surface area contributed by atoms with Gasteiger partial charge in [0.15, 0.2) is 0 Å². The van der Waals surface area contributed by atoms with Crippen molar-refractivity contribution in [1.82, 2.24) is 10.6 Å². The number of hydrogen-bond acceptors (Lipinski definition) is 5. The van der Waals surface area contributed by atoms with E-state index in [4.69, 9.17) is 0 Å². The second-order valence-corrected chi connectivity index (χ2v) is 5.60. The first-order valence-electron chi connectivity index (χ1n) is 7.84. The molecule has 0 fully saturated rings. The van der Waals surface area contributed by atoms with Crippen LogP contribution in [-0.2, 0) is 30.3 Å². The predicted octanol–water partition coefficient (Wildman–Crippen LogP) is 0.395. The molecule has 0 aliphatic heterocycles. The first kappa shape index (κ1) is 21.1. The number of hydrogen-bond donors (Lipinski definition) is 3. The van der Waals surface area contributed by atoms with Crippen LogP contribution in [0.3, 0.4) is 0 Å². The van der Waals surface area contributed by atoms with E-state index in [0.29, 0.717) is 5.56 Å². The summed E-state index contributed by atoms with van der Waals surface area (Å²) < 4.78 is 17.7. The van der Waals surface area contributed by atoms with E-state index in [1.54, 1.807) is 6.07 Å². The van der Waals surface area contributed by atoms with Crippen LogP contribution >= 0.6 is 0 Å². The van der Waals surface area contributed by atoms with Gasteiger partial charge < -0.3 is 20.5 Å². The quantitative estimate of drug-likeness (QED) is 0.542. The average Bonchev–Trinajstić information content (AvgIpc) is 2.56. The Morgan fingerprint density at radius 2 is 1.88 bits per heavy atom. The zero-order valence-electron chi connectivity index (χ0n) is 14.5. The summed E-state index contributed by atoms with van der Waals surface area (Å²) in [6.07, 6.45) is -0.379. The van der Waals surface area contributed by atoms with Crippen LogP contribution < -0.4 is 10.6 Å². The fourth-order valence-corrected chi connectivity index (χ4v) is 2.25. The van der Waals surface area contributed by atoms with Crippen molar-refractivity contribution in [2.75, 3.05) is 7.11 Å². The summed E-state index contributed by atoms with van der Waals surface area (Å²) >= 11 is 0. The lowest BCUT2D eigenvalue weighted by Gasteiger charge is -2.21. The minimum atomic E-state index is -1.33. The number of carbonyl (C=O) groups is 4. The van der Waals surface area contributed by atoms with E-state index in [1.165, 1.54) is 32.2 Å². The molecule has 0 heterocycles. The fourth-order valence-electron chi connectivity index (χ4n) is 2.25. The minimum absolute atomic E-state index is 0.0213. The van der Waals surface area contributed by atoms with Gasteiger partial charge in [-0.15, -0.1) is 0 Å². The molecule has 0 aliphatic rings. The number of nitrogens with one attached hydrogen (secondary N) is 2. The van der Waals surface area contributed by atoms with E-state index >= 15 is 0 Å². The standard InChI is InChI=1S/C17H21FN2O6/c1-10(21)19-14(9-11-4-3-5-12(18)8-11)16(23)20-13(17(24)25)6-7-15(22)26-2/h3-5,8,13-14H,6-7,9H2,1-2H3,(H,19,21)(H,20,23)(H,24,25)/t13-,14-/m1/s1. The first-order chi connectivity index (χ1) is 12.2. The van der Waals surface area contributed by atoms with Crippen molar-refractivity contribution in [3.63, 3.8) is 0 Å². The number of aliphatic carboxylic acids is 1. The minimum Gasteiger partial charge on any atom is -0.480 e. The number of benzene rings is 1. The molecule has 8 nitrogen and oxygen atoms in total. The molecule has 26 heavy (non-hydrogen) atoms. The highest BCUT2D eigenvalue weighted by Gasteiger charge is 2.26. The van der Waals surface area contributed by atoms with Crippen LogP contribution in [0.25, 0.3) is 0 Å². The maximum atomic E-state index is 13.3. The summed E-state index contributed by atoms with van der Waals surface area (Å²) in [5, 5.41) is 13.9. The molecule has 1 aromatic carbocycles. The second kappa shape index (κ2) is 10.1. The van der Waals surface area contributed by atoms with Gasteiger partial charge in [-0.2, -0.15) is 0 Å². The molecule has 3 N–H and O–H groups in total. The Kier molecular flexibility index (Phi) is 8.20. The van der Waals surface area contributed by atoms with Crippen LogP contribution in [0.1, 0.15) is 25.3 Å². The molecule has 0 saturated carbocycles. The van der Waals surface area contributed by atoms with Gasteiger partial charge in [0.2, 0.25) is 11.8 Å². The average molecular weight is 368 g/mol. The molecule has 0 spiro atoms. The van der Waals surface area contributed by atoms with Crippen molar-refractivity contribution in [3.05, 3.63) is 35.6 Å². The Balaban J connectivity index is 2.83. The summed E-state index contributed by atoms with van der Waals surface area (Å²) in [6.45, 7) is 1.21. The summed E-state index contributed by atoms with van der Waals surface area (Å²) in [7, 11) is 1.17. The number of amides is 2. The van der Waals surface area contributed by atoms with Gasteiger partial charge in [-0.1, -0.05) is 12.1 Å². The van der Waals surface area contributed by atoms with Crippen molar-refractivity contribution in [1.29, 1.82) is 0 Å². The third kappa shape index (κ3) is 7.29. The van der Waals surface area contributed by atoms with Crippen molar-refractivity contribution in [2.45, 2.75) is 38.3 Å². The molecule has 0 bridgehead atoms. The summed E-state index contributed by atoms with van der Waals surface area (Å²) in [5.41, 5.74) is 0.459. The van der Waals surface area contributed by atoms with Crippen molar-refractivity contribution < 1.29 is 33.4 Å². The van der Waals surface area contributed by atoms with E-state index in [-0.39, 0.29) is 19.3 Å². The Bertz CT molecular complexity index is 679. The predicted molar refractivity (Wildman–Crippen MR) is 88.5 cm³/mol. The molecule has 0 aliphatic carbocycles. The van der Waals surface area contributed by atoms with Crippen molar-refractivity contribution in [2.24, 2.45) is 0 Å². The summed E-state index contributed by atoms with van der Waals surface area (Å²) in [6, 6.07) is 3.08. The molecule has 9 heteroatoms.